The minimum Gasteiger partial charge on any atom is -0.507 e. The second-order valence-corrected chi connectivity index (χ2v) is 7.61. The summed E-state index contributed by atoms with van der Waals surface area (Å²) in [6.07, 6.45) is 0.603. The van der Waals surface area contributed by atoms with Crippen LogP contribution < -0.4 is 0 Å². The highest BCUT2D eigenvalue weighted by atomic mass is 35.5. The maximum absolute atomic E-state index is 14.6. The van der Waals surface area contributed by atoms with E-state index in [1.165, 1.54) is 23.1 Å². The van der Waals surface area contributed by atoms with Gasteiger partial charge in [0.15, 0.2) is 0 Å². The second-order valence-electron chi connectivity index (χ2n) is 7.18. The van der Waals surface area contributed by atoms with Crippen LogP contribution in [0.5, 0.6) is 0 Å². The van der Waals surface area contributed by atoms with Crippen molar-refractivity contribution in [1.29, 1.82) is 0 Å². The quantitative estimate of drug-likeness (QED) is 0.441. The van der Waals surface area contributed by atoms with E-state index in [0.717, 1.165) is 0 Å². The van der Waals surface area contributed by atoms with Gasteiger partial charge in [0.05, 0.1) is 11.6 Å². The molecule has 1 N–H and O–H groups in total. The molecule has 29 heavy (non-hydrogen) atoms. The molecule has 0 radical (unpaired) electrons. The predicted octanol–water partition coefficient (Wildman–Crippen LogP) is 3.85. The lowest BCUT2D eigenvalue weighted by molar-refractivity contribution is -0.140. The van der Waals surface area contributed by atoms with Crippen molar-refractivity contribution < 1.29 is 19.1 Å². The van der Waals surface area contributed by atoms with Gasteiger partial charge in [-0.05, 0) is 57.4 Å². The van der Waals surface area contributed by atoms with E-state index in [4.69, 9.17) is 11.6 Å². The van der Waals surface area contributed by atoms with Gasteiger partial charge < -0.3 is 14.9 Å². The van der Waals surface area contributed by atoms with Crippen molar-refractivity contribution in [2.75, 3.05) is 27.2 Å². The largest absolute Gasteiger partial charge is 0.507 e. The number of halogens is 2. The van der Waals surface area contributed by atoms with Crippen LogP contribution >= 0.6 is 11.6 Å². The Morgan fingerprint density at radius 2 is 1.79 bits per heavy atom. The van der Waals surface area contributed by atoms with E-state index in [9.17, 15) is 19.1 Å². The molecule has 0 aliphatic carbocycles. The Morgan fingerprint density at radius 3 is 2.41 bits per heavy atom. The van der Waals surface area contributed by atoms with Crippen molar-refractivity contribution in [2.45, 2.75) is 12.5 Å². The molecule has 3 rings (SSSR count). The van der Waals surface area contributed by atoms with Crippen molar-refractivity contribution in [3.63, 3.8) is 0 Å². The molecule has 0 bridgehead atoms. The summed E-state index contributed by atoms with van der Waals surface area (Å²) in [7, 11) is 3.81. The van der Waals surface area contributed by atoms with Gasteiger partial charge in [-0.1, -0.05) is 29.8 Å². The molecule has 0 spiro atoms. The van der Waals surface area contributed by atoms with Gasteiger partial charge in [0.25, 0.3) is 11.7 Å². The van der Waals surface area contributed by atoms with Crippen LogP contribution in [0.1, 0.15) is 23.6 Å². The molecule has 2 aromatic carbocycles. The van der Waals surface area contributed by atoms with E-state index in [1.807, 2.05) is 19.0 Å². The number of hydrogen-bond donors (Lipinski definition) is 1. The van der Waals surface area contributed by atoms with Gasteiger partial charge in [-0.3, -0.25) is 9.59 Å². The van der Waals surface area contributed by atoms with Crippen LogP contribution in [0, 0.1) is 5.82 Å². The zero-order valence-corrected chi connectivity index (χ0v) is 17.0. The predicted molar refractivity (Wildman–Crippen MR) is 110 cm³/mol. The monoisotopic (exact) mass is 416 g/mol. The van der Waals surface area contributed by atoms with Crippen LogP contribution in [-0.2, 0) is 9.59 Å². The van der Waals surface area contributed by atoms with Crippen LogP contribution in [0.25, 0.3) is 5.76 Å². The Hall–Kier alpha value is -2.70. The minimum atomic E-state index is -0.992. The van der Waals surface area contributed by atoms with Crippen molar-refractivity contribution in [2.24, 2.45) is 0 Å². The summed E-state index contributed by atoms with van der Waals surface area (Å²) in [4.78, 5) is 28.9. The first-order valence-electron chi connectivity index (χ1n) is 9.24. The number of amides is 1. The number of carbonyl (C=O) groups is 2. The number of carbonyl (C=O) groups excluding carboxylic acids is 2. The molecule has 2 aromatic rings. The molecule has 1 aliphatic heterocycles. The first kappa shape index (κ1) is 21.0. The standard InChI is InChI=1S/C22H22ClFN2O3/c1-25(2)12-5-13-26-19(16-6-3-4-7-17(16)24)18(21(28)22(26)29)20(27)14-8-10-15(23)11-9-14/h3-4,6-11,19,27H,5,12-13H2,1-2H3/b20-18+/t19-/m1/s1. The van der Waals surface area contributed by atoms with Crippen molar-refractivity contribution in [1.82, 2.24) is 9.80 Å². The molecule has 1 saturated heterocycles. The first-order valence-corrected chi connectivity index (χ1v) is 9.62. The van der Waals surface area contributed by atoms with E-state index in [1.54, 1.807) is 30.3 Å². The third-order valence-electron chi connectivity index (χ3n) is 4.86. The van der Waals surface area contributed by atoms with Crippen LogP contribution in [0.3, 0.4) is 0 Å². The molecule has 1 amide bonds. The van der Waals surface area contributed by atoms with Crippen molar-refractivity contribution in [3.05, 3.63) is 76.1 Å². The van der Waals surface area contributed by atoms with Crippen molar-refractivity contribution in [3.8, 4) is 0 Å². The van der Waals surface area contributed by atoms with Crippen molar-refractivity contribution >= 4 is 29.1 Å². The van der Waals surface area contributed by atoms with Gasteiger partial charge in [-0.2, -0.15) is 0 Å². The molecule has 1 atom stereocenters. The molecule has 7 heteroatoms. The average molecular weight is 417 g/mol. The third-order valence-corrected chi connectivity index (χ3v) is 5.11. The number of benzene rings is 2. The highest BCUT2D eigenvalue weighted by molar-refractivity contribution is 6.46. The van der Waals surface area contributed by atoms with E-state index >= 15 is 0 Å². The summed E-state index contributed by atoms with van der Waals surface area (Å²) in [6.45, 7) is 0.962. The maximum Gasteiger partial charge on any atom is 0.295 e. The molecule has 5 nitrogen and oxygen atoms in total. The molecule has 0 aromatic heterocycles. The lowest BCUT2D eigenvalue weighted by Gasteiger charge is -2.26. The molecule has 1 fully saturated rings. The van der Waals surface area contributed by atoms with Gasteiger partial charge in [-0.25, -0.2) is 4.39 Å². The van der Waals surface area contributed by atoms with E-state index < -0.39 is 23.5 Å². The van der Waals surface area contributed by atoms with Crippen LogP contribution in [-0.4, -0.2) is 53.8 Å². The Bertz CT molecular complexity index is 957. The smallest absolute Gasteiger partial charge is 0.295 e. The zero-order chi connectivity index (χ0) is 21.1. The Morgan fingerprint density at radius 1 is 1.14 bits per heavy atom. The minimum absolute atomic E-state index is 0.118. The van der Waals surface area contributed by atoms with Crippen LogP contribution in [0.15, 0.2) is 54.1 Å². The molecule has 152 valence electrons. The summed E-state index contributed by atoms with van der Waals surface area (Å²) in [5.41, 5.74) is 0.390. The topological polar surface area (TPSA) is 60.9 Å². The molecule has 0 unspecified atom stereocenters. The average Bonchev–Trinajstić information content (AvgIpc) is 2.93. The third kappa shape index (κ3) is 4.33. The number of hydrogen-bond acceptors (Lipinski definition) is 4. The highest BCUT2D eigenvalue weighted by Crippen LogP contribution is 2.40. The zero-order valence-electron chi connectivity index (χ0n) is 16.2. The van der Waals surface area contributed by atoms with Crippen LogP contribution in [0.4, 0.5) is 4.39 Å². The lowest BCUT2D eigenvalue weighted by Crippen LogP contribution is -2.32. The summed E-state index contributed by atoms with van der Waals surface area (Å²) in [5.74, 6) is -2.45. The van der Waals surface area contributed by atoms with Gasteiger partial charge in [0, 0.05) is 22.7 Å². The van der Waals surface area contributed by atoms with E-state index in [-0.39, 0.29) is 23.4 Å². The highest BCUT2D eigenvalue weighted by Gasteiger charge is 2.46. The Labute approximate surface area is 174 Å². The first-order chi connectivity index (χ1) is 13.8. The molecular formula is C22H22ClFN2O3. The fourth-order valence-electron chi connectivity index (χ4n) is 3.45. The normalized spacial score (nSPS) is 18.7. The molecule has 1 aliphatic rings. The van der Waals surface area contributed by atoms with E-state index in [0.29, 0.717) is 23.6 Å². The van der Waals surface area contributed by atoms with Gasteiger partial charge in [0.2, 0.25) is 0 Å². The van der Waals surface area contributed by atoms with Crippen LogP contribution in [0.2, 0.25) is 5.02 Å². The Kier molecular flexibility index (Phi) is 6.35. The summed E-state index contributed by atoms with van der Waals surface area (Å²) < 4.78 is 14.6. The molecular weight excluding hydrogens is 395 g/mol. The number of aliphatic hydroxyl groups is 1. The van der Waals surface area contributed by atoms with Gasteiger partial charge >= 0.3 is 0 Å². The van der Waals surface area contributed by atoms with E-state index in [2.05, 4.69) is 0 Å². The maximum atomic E-state index is 14.6. The number of rotatable bonds is 6. The fourth-order valence-corrected chi connectivity index (χ4v) is 3.58. The summed E-state index contributed by atoms with van der Waals surface area (Å²) in [6, 6.07) is 11.2. The number of ketones is 1. The number of likely N-dealkylation sites (tertiary alicyclic amines) is 1. The Balaban J connectivity index is 2.11. The van der Waals surface area contributed by atoms with Gasteiger partial charge in [0.1, 0.15) is 11.6 Å². The second kappa shape index (κ2) is 8.76. The lowest BCUT2D eigenvalue weighted by atomic mass is 9.95. The number of Topliss-reactive ketones (excluding diaryl/α,β-unsaturated/α-hetero) is 1. The number of aliphatic hydroxyl groups excluding tert-OH is 1. The summed E-state index contributed by atoms with van der Waals surface area (Å²) >= 11 is 5.90. The fraction of sp³-hybridized carbons (Fsp3) is 0.273. The molecule has 0 saturated carbocycles. The number of nitrogens with zero attached hydrogens (tertiary/aromatic N) is 2. The van der Waals surface area contributed by atoms with Gasteiger partial charge in [-0.15, -0.1) is 0 Å². The molecule has 1 heterocycles. The summed E-state index contributed by atoms with van der Waals surface area (Å²) in [5, 5.41) is 11.3. The SMILES string of the molecule is CN(C)CCCN1C(=O)C(=O)/C(=C(/O)c2ccc(Cl)cc2)[C@H]1c1ccccc1F.